The molecule has 0 aliphatic heterocycles. The Hall–Kier alpha value is -5.61. The molecule has 252 valence electrons. The monoisotopic (exact) mass is 786 g/mol. The zero-order chi connectivity index (χ0) is 35.6. The molecule has 0 saturated heterocycles. The molecule has 0 atom stereocenters. The summed E-state index contributed by atoms with van der Waals surface area (Å²) >= 11 is 3.69. The van der Waals surface area contributed by atoms with E-state index in [0.717, 1.165) is 49.1 Å². The summed E-state index contributed by atoms with van der Waals surface area (Å²) in [7, 11) is -3.30. The Labute approximate surface area is 312 Å². The van der Waals surface area contributed by atoms with Crippen LogP contribution in [-0.2, 0) is 4.57 Å². The molecule has 6 heterocycles. The average Bonchev–Trinajstić information content (AvgIpc) is 3.63. The van der Waals surface area contributed by atoms with Crippen molar-refractivity contribution in [3.8, 4) is 0 Å². The second kappa shape index (κ2) is 12.5. The van der Waals surface area contributed by atoms with Crippen molar-refractivity contribution in [3.63, 3.8) is 0 Å². The SMILES string of the molecule is O=P(c1ccncc1)(c1ccncc1)c1ccc2c(c1)nc1c3c4ccccc4ccc3c3ccc(P(=[Se])(c4ccncc4)c4ccncc4)cc3n21. The number of hydrogen-bond acceptors (Lipinski definition) is 6. The summed E-state index contributed by atoms with van der Waals surface area (Å²) in [5.41, 5.74) is 1.37. The molecule has 0 fully saturated rings. The van der Waals surface area contributed by atoms with Crippen molar-refractivity contribution in [2.45, 2.75) is 0 Å². The van der Waals surface area contributed by atoms with Crippen LogP contribution < -0.4 is 31.8 Å². The van der Waals surface area contributed by atoms with Crippen molar-refractivity contribution in [1.29, 1.82) is 0 Å². The van der Waals surface area contributed by atoms with Crippen LogP contribution >= 0.6 is 12.7 Å². The Morgan fingerprint density at radius 2 is 1.02 bits per heavy atom. The topological polar surface area (TPSA) is 85.9 Å². The molecule has 10 rings (SSSR count). The van der Waals surface area contributed by atoms with E-state index in [0.29, 0.717) is 15.9 Å². The van der Waals surface area contributed by atoms with E-state index in [1.54, 1.807) is 24.8 Å². The fraction of sp³-hybridized carbons (Fsp3) is 0. The van der Waals surface area contributed by atoms with E-state index in [4.69, 9.17) is 4.98 Å². The first-order valence-corrected chi connectivity index (χ1v) is 22.8. The summed E-state index contributed by atoms with van der Waals surface area (Å²) in [5, 5.41) is 11.3. The van der Waals surface area contributed by atoms with Gasteiger partial charge in [0.05, 0.1) is 0 Å². The van der Waals surface area contributed by atoms with Crippen molar-refractivity contribution in [2.75, 3.05) is 0 Å². The normalized spacial score (nSPS) is 12.3. The summed E-state index contributed by atoms with van der Waals surface area (Å²) < 4.78 is 17.7. The van der Waals surface area contributed by atoms with Crippen LogP contribution in [0.4, 0.5) is 0 Å². The molecule has 0 amide bonds. The van der Waals surface area contributed by atoms with Crippen LogP contribution in [0.2, 0.25) is 0 Å². The number of rotatable bonds is 6. The summed E-state index contributed by atoms with van der Waals surface area (Å²) in [6.45, 7) is 0. The second-order valence-corrected chi connectivity index (χ2v) is 21.9. The molecule has 10 aromatic rings. The van der Waals surface area contributed by atoms with Crippen LogP contribution in [0.3, 0.4) is 0 Å². The van der Waals surface area contributed by atoms with Crippen LogP contribution in [0.5, 0.6) is 0 Å². The van der Waals surface area contributed by atoms with Gasteiger partial charge in [0.15, 0.2) is 0 Å². The zero-order valence-electron chi connectivity index (χ0n) is 28.1. The first kappa shape index (κ1) is 32.1. The quantitative estimate of drug-likeness (QED) is 0.108. The van der Waals surface area contributed by atoms with Gasteiger partial charge in [-0.25, -0.2) is 0 Å². The van der Waals surface area contributed by atoms with E-state index in [1.165, 1.54) is 15.9 Å². The predicted octanol–water partition coefficient (Wildman–Crippen LogP) is 6.54. The van der Waals surface area contributed by atoms with E-state index >= 15 is 4.57 Å². The number of imidazole rings is 1. The van der Waals surface area contributed by atoms with E-state index < -0.39 is 12.7 Å². The van der Waals surface area contributed by atoms with E-state index in [2.05, 4.69) is 124 Å². The average molecular weight is 786 g/mol. The fourth-order valence-electron chi connectivity index (χ4n) is 7.65. The number of hydrogen-bond donors (Lipinski definition) is 0. The van der Waals surface area contributed by atoms with Crippen LogP contribution in [0.1, 0.15) is 0 Å². The molecule has 0 unspecified atom stereocenters. The standard InChI is InChI=1S/C43H28N6OP2Se/c50-51(30-11-19-44-20-12-30,31-13-21-45-22-14-31)34-7-10-40-39(27-34)48-43-42-36-4-2-1-3-29(36)5-8-38(42)37-9-6-35(28-41(37)49(40)43)52(53,32-15-23-46-24-16-32)33-17-25-47-26-18-33/h1-28H. The molecule has 0 spiro atoms. The van der Waals surface area contributed by atoms with Gasteiger partial charge < -0.3 is 0 Å². The molecule has 10 heteroatoms. The molecule has 53 heavy (non-hydrogen) atoms. The molecule has 0 saturated carbocycles. The molecule has 0 bridgehead atoms. The van der Waals surface area contributed by atoms with Crippen molar-refractivity contribution < 1.29 is 4.57 Å². The number of pyridine rings is 5. The molecule has 4 aromatic carbocycles. The van der Waals surface area contributed by atoms with Gasteiger partial charge in [0.1, 0.15) is 0 Å². The van der Waals surface area contributed by atoms with E-state index in [9.17, 15) is 0 Å². The van der Waals surface area contributed by atoms with Crippen LogP contribution in [0.25, 0.3) is 49.1 Å². The van der Waals surface area contributed by atoms with Gasteiger partial charge in [0, 0.05) is 24.8 Å². The maximum atomic E-state index is 15.4. The molecule has 7 nitrogen and oxygen atoms in total. The summed E-state index contributed by atoms with van der Waals surface area (Å²) in [5.74, 6) is 0. The molecular formula is C43H28N6OP2Se. The van der Waals surface area contributed by atoms with Gasteiger partial charge in [-0.05, 0) is 0 Å². The van der Waals surface area contributed by atoms with Crippen molar-refractivity contribution in [2.24, 2.45) is 0 Å². The third-order valence-corrected chi connectivity index (χ3v) is 20.2. The fourth-order valence-corrected chi connectivity index (χ4v) is 15.1. The molecule has 0 radical (unpaired) electrons. The van der Waals surface area contributed by atoms with Crippen molar-refractivity contribution >= 4 is 109 Å². The summed E-state index contributed by atoms with van der Waals surface area (Å²) in [6, 6.07) is 41.6. The minimum atomic E-state index is -3.30. The minimum absolute atomic E-state index is 0.702. The third-order valence-electron chi connectivity index (χ3n) is 10.1. The number of fused-ring (bicyclic) bond motifs is 10. The van der Waals surface area contributed by atoms with Gasteiger partial charge in [-0.2, -0.15) is 0 Å². The number of benzene rings is 4. The van der Waals surface area contributed by atoms with Gasteiger partial charge in [-0.3, -0.25) is 9.97 Å². The first-order valence-electron chi connectivity index (χ1n) is 17.1. The first-order chi connectivity index (χ1) is 26.0. The number of aromatic nitrogens is 6. The van der Waals surface area contributed by atoms with Gasteiger partial charge in [-0.15, -0.1) is 0 Å². The Bertz CT molecular complexity index is 3040. The summed E-state index contributed by atoms with van der Waals surface area (Å²) in [6.07, 6.45) is 14.2. The molecule has 0 N–H and O–H groups in total. The molecular weight excluding hydrogens is 757 g/mol. The van der Waals surface area contributed by atoms with Gasteiger partial charge >= 0.3 is 279 Å². The third kappa shape index (κ3) is 4.91. The second-order valence-electron chi connectivity index (χ2n) is 12.9. The molecule has 0 aliphatic carbocycles. The maximum absolute atomic E-state index is 15.4. The van der Waals surface area contributed by atoms with Crippen LogP contribution in [-0.4, -0.2) is 44.4 Å². The Kier molecular flexibility index (Phi) is 7.57. The van der Waals surface area contributed by atoms with Crippen molar-refractivity contribution in [1.82, 2.24) is 29.3 Å². The predicted molar refractivity (Wildman–Crippen MR) is 220 cm³/mol. The van der Waals surface area contributed by atoms with Crippen molar-refractivity contribution in [3.05, 3.63) is 171 Å². The van der Waals surface area contributed by atoms with Gasteiger partial charge in [-0.1, -0.05) is 0 Å². The molecule has 6 aromatic heterocycles. The summed E-state index contributed by atoms with van der Waals surface area (Å²) in [4.78, 5) is 22.5. The Balaban J connectivity index is 1.32. The zero-order valence-corrected chi connectivity index (χ0v) is 31.6. The van der Waals surface area contributed by atoms with E-state index in [1.807, 2.05) is 61.2 Å². The van der Waals surface area contributed by atoms with Crippen LogP contribution in [0, 0.1) is 0 Å². The Morgan fingerprint density at radius 1 is 0.472 bits per heavy atom. The van der Waals surface area contributed by atoms with Gasteiger partial charge in [0.25, 0.3) is 0 Å². The number of nitrogens with zero attached hydrogens (tertiary/aromatic N) is 6. The molecule has 0 aliphatic rings. The van der Waals surface area contributed by atoms with Crippen LogP contribution in [0.15, 0.2) is 171 Å². The van der Waals surface area contributed by atoms with Gasteiger partial charge in [0.2, 0.25) is 0 Å². The van der Waals surface area contributed by atoms with E-state index in [-0.39, 0.29) is 0 Å². The Morgan fingerprint density at radius 3 is 1.64 bits per heavy atom.